The van der Waals surface area contributed by atoms with E-state index in [-0.39, 0.29) is 40.5 Å². The van der Waals surface area contributed by atoms with Gasteiger partial charge in [0.15, 0.2) is 17.4 Å². The Kier molecular flexibility index (Phi) is 7.02. The normalized spacial score (nSPS) is 13.5. The number of carbonyl (C=O) groups is 1. The fraction of sp³-hybridized carbons (Fsp3) is 0.292. The Morgan fingerprint density at radius 3 is 2.60 bits per heavy atom. The molecule has 3 N–H and O–H groups in total. The summed E-state index contributed by atoms with van der Waals surface area (Å²) in [5.74, 6) is -0.309. The van der Waals surface area contributed by atoms with E-state index in [1.807, 2.05) is 0 Å². The van der Waals surface area contributed by atoms with Gasteiger partial charge < -0.3 is 25.0 Å². The number of carbonyl (C=O) groups excluding carboxylic acids is 1. The van der Waals surface area contributed by atoms with Crippen molar-refractivity contribution in [3.63, 3.8) is 0 Å². The molecule has 1 fully saturated rings. The number of rotatable bonds is 8. The number of benzene rings is 2. The lowest BCUT2D eigenvalue weighted by Crippen LogP contribution is -2.14. The van der Waals surface area contributed by atoms with E-state index >= 15 is 0 Å². The highest BCUT2D eigenvalue weighted by Gasteiger charge is 2.22. The molecule has 1 aliphatic rings. The summed E-state index contributed by atoms with van der Waals surface area (Å²) in [4.78, 5) is 23.4. The van der Waals surface area contributed by atoms with Gasteiger partial charge in [-0.3, -0.25) is 19.5 Å². The van der Waals surface area contributed by atoms with Crippen molar-refractivity contribution < 1.29 is 29.4 Å². The highest BCUT2D eigenvalue weighted by molar-refractivity contribution is 6.32. The number of halogens is 1. The monoisotopic (exact) mass is 501 g/mol. The minimum Gasteiger partial charge on any atom is -0.494 e. The van der Waals surface area contributed by atoms with Crippen molar-refractivity contribution in [2.24, 2.45) is 0 Å². The van der Waals surface area contributed by atoms with Crippen molar-refractivity contribution in [2.75, 3.05) is 12.4 Å². The Hall–Kier alpha value is -3.92. The number of nitrogens with zero attached hydrogens (tertiary/aromatic N) is 2. The first-order valence-corrected chi connectivity index (χ1v) is 11.3. The maximum atomic E-state index is 12.9. The molecule has 35 heavy (non-hydrogen) atoms. The fourth-order valence-corrected chi connectivity index (χ4v) is 4.23. The Balaban J connectivity index is 1.53. The minimum atomic E-state index is -0.619. The third kappa shape index (κ3) is 5.27. The first kappa shape index (κ1) is 24.2. The van der Waals surface area contributed by atoms with E-state index in [0.29, 0.717) is 17.1 Å². The van der Waals surface area contributed by atoms with Crippen molar-refractivity contribution in [1.29, 1.82) is 0 Å². The zero-order chi connectivity index (χ0) is 25.1. The van der Waals surface area contributed by atoms with Crippen LogP contribution in [0.4, 0.5) is 11.4 Å². The largest absolute Gasteiger partial charge is 0.494 e. The van der Waals surface area contributed by atoms with E-state index in [2.05, 4.69) is 5.32 Å². The molecule has 10 nitrogen and oxygen atoms in total. The number of hydrogen-bond donors (Lipinski definition) is 3. The Bertz CT molecular complexity index is 1270. The molecule has 1 aromatic heterocycles. The molecular weight excluding hydrogens is 478 g/mol. The molecule has 1 amide bonds. The molecule has 0 spiro atoms. The number of hydrogen-bond acceptors (Lipinski definition) is 7. The fourth-order valence-electron chi connectivity index (χ4n) is 4.04. The first-order chi connectivity index (χ1) is 16.8. The number of nitrogens with one attached hydrogen (secondary N) is 1. The number of aromatic nitrogens is 1. The van der Waals surface area contributed by atoms with Gasteiger partial charge in [0, 0.05) is 17.7 Å². The van der Waals surface area contributed by atoms with E-state index < -0.39 is 16.7 Å². The molecule has 2 aromatic carbocycles. The van der Waals surface area contributed by atoms with Gasteiger partial charge in [0.2, 0.25) is 5.88 Å². The molecule has 3 aromatic rings. The number of anilines is 1. The molecule has 1 aliphatic carbocycles. The quantitative estimate of drug-likeness (QED) is 0.289. The average molecular weight is 502 g/mol. The standard InChI is InChI=1S/C24H24ClN3O7/c1-34-20-9-7-15(11-21(20)35-16-4-2-3-5-16)23(30)26-18-12-22(29)27(24(18)31)13-14-6-8-17(25)19(10-14)28(32)33/h6-12,16,29,31H,2-5,13H2,1H3,(H,26,30). The first-order valence-electron chi connectivity index (χ1n) is 11.0. The van der Waals surface area contributed by atoms with Gasteiger partial charge in [0.05, 0.1) is 24.7 Å². The molecule has 0 saturated heterocycles. The Morgan fingerprint density at radius 1 is 1.17 bits per heavy atom. The zero-order valence-electron chi connectivity index (χ0n) is 18.9. The van der Waals surface area contributed by atoms with Crippen LogP contribution in [0, 0.1) is 10.1 Å². The van der Waals surface area contributed by atoms with Crippen molar-refractivity contribution in [2.45, 2.75) is 38.3 Å². The molecule has 0 aliphatic heterocycles. The molecule has 1 saturated carbocycles. The molecule has 0 unspecified atom stereocenters. The van der Waals surface area contributed by atoms with Crippen LogP contribution in [0.1, 0.15) is 41.6 Å². The van der Waals surface area contributed by atoms with Crippen LogP contribution in [0.25, 0.3) is 0 Å². The lowest BCUT2D eigenvalue weighted by Gasteiger charge is -2.16. The number of nitro groups is 1. The second-order valence-corrected chi connectivity index (χ2v) is 8.62. The number of nitro benzene ring substituents is 1. The van der Waals surface area contributed by atoms with Gasteiger partial charge >= 0.3 is 0 Å². The molecule has 0 atom stereocenters. The topological polar surface area (TPSA) is 136 Å². The number of ether oxygens (including phenoxy) is 2. The van der Waals surface area contributed by atoms with Crippen LogP contribution in [0.5, 0.6) is 23.3 Å². The van der Waals surface area contributed by atoms with Crippen molar-refractivity contribution >= 4 is 28.9 Å². The Labute approximate surface area is 205 Å². The molecule has 0 bridgehead atoms. The van der Waals surface area contributed by atoms with Gasteiger partial charge in [0.25, 0.3) is 11.6 Å². The SMILES string of the molecule is COc1ccc(C(=O)Nc2cc(O)n(Cc3ccc(Cl)c([N+](=O)[O-])c3)c2O)cc1OC1CCCC1. The van der Waals surface area contributed by atoms with Gasteiger partial charge in [-0.2, -0.15) is 0 Å². The van der Waals surface area contributed by atoms with E-state index in [9.17, 15) is 25.1 Å². The van der Waals surface area contributed by atoms with Gasteiger partial charge in [-0.15, -0.1) is 0 Å². The summed E-state index contributed by atoms with van der Waals surface area (Å²) in [6.45, 7) is -0.0898. The minimum absolute atomic E-state index is 0.0231. The molecule has 4 rings (SSSR count). The lowest BCUT2D eigenvalue weighted by atomic mass is 10.1. The average Bonchev–Trinajstić information content (AvgIpc) is 3.43. The highest BCUT2D eigenvalue weighted by atomic mass is 35.5. The van der Waals surface area contributed by atoms with Crippen molar-refractivity contribution in [3.8, 4) is 23.3 Å². The van der Waals surface area contributed by atoms with Crippen LogP contribution < -0.4 is 14.8 Å². The van der Waals surface area contributed by atoms with Crippen LogP contribution in [0.3, 0.4) is 0 Å². The van der Waals surface area contributed by atoms with Crippen LogP contribution in [-0.4, -0.2) is 38.8 Å². The smallest absolute Gasteiger partial charge is 0.288 e. The van der Waals surface area contributed by atoms with Crippen molar-refractivity contribution in [3.05, 3.63) is 68.7 Å². The number of aromatic hydroxyl groups is 2. The van der Waals surface area contributed by atoms with Gasteiger partial charge in [-0.1, -0.05) is 17.7 Å². The van der Waals surface area contributed by atoms with Gasteiger partial charge in [-0.25, -0.2) is 0 Å². The number of methoxy groups -OCH3 is 1. The summed E-state index contributed by atoms with van der Waals surface area (Å²) in [7, 11) is 1.52. The van der Waals surface area contributed by atoms with Gasteiger partial charge in [-0.05, 0) is 55.5 Å². The highest BCUT2D eigenvalue weighted by Crippen LogP contribution is 2.36. The van der Waals surface area contributed by atoms with Crippen LogP contribution in [0.15, 0.2) is 42.5 Å². The van der Waals surface area contributed by atoms with Gasteiger partial charge in [0.1, 0.15) is 10.7 Å². The second kappa shape index (κ2) is 10.1. The van der Waals surface area contributed by atoms with Crippen LogP contribution in [0.2, 0.25) is 5.02 Å². The van der Waals surface area contributed by atoms with E-state index in [4.69, 9.17) is 21.1 Å². The summed E-state index contributed by atoms with van der Waals surface area (Å²) in [5.41, 5.74) is 0.381. The second-order valence-electron chi connectivity index (χ2n) is 8.21. The molecule has 1 heterocycles. The van der Waals surface area contributed by atoms with E-state index in [0.717, 1.165) is 30.3 Å². The Morgan fingerprint density at radius 2 is 1.91 bits per heavy atom. The van der Waals surface area contributed by atoms with Crippen LogP contribution >= 0.6 is 11.6 Å². The van der Waals surface area contributed by atoms with Crippen LogP contribution in [-0.2, 0) is 6.54 Å². The van der Waals surface area contributed by atoms with E-state index in [1.165, 1.54) is 31.4 Å². The van der Waals surface area contributed by atoms with E-state index in [1.54, 1.807) is 18.2 Å². The molecule has 0 radical (unpaired) electrons. The van der Waals surface area contributed by atoms with Crippen molar-refractivity contribution in [1.82, 2.24) is 4.57 Å². The molecule has 184 valence electrons. The third-order valence-corrected chi connectivity index (χ3v) is 6.18. The summed E-state index contributed by atoms with van der Waals surface area (Å²) >= 11 is 5.84. The predicted molar refractivity (Wildman–Crippen MR) is 129 cm³/mol. The summed E-state index contributed by atoms with van der Waals surface area (Å²) in [6.07, 6.45) is 4.14. The zero-order valence-corrected chi connectivity index (χ0v) is 19.6. The predicted octanol–water partition coefficient (Wildman–Crippen LogP) is 5.09. The third-order valence-electron chi connectivity index (χ3n) is 5.86. The number of amides is 1. The maximum Gasteiger partial charge on any atom is 0.288 e. The molecular formula is C24H24ClN3O7. The summed E-state index contributed by atoms with van der Waals surface area (Å²) in [6, 6.07) is 10.1. The lowest BCUT2D eigenvalue weighted by molar-refractivity contribution is -0.384. The molecule has 11 heteroatoms. The summed E-state index contributed by atoms with van der Waals surface area (Å²) < 4.78 is 12.5. The maximum absolute atomic E-state index is 12.9. The summed E-state index contributed by atoms with van der Waals surface area (Å²) in [5, 5.41) is 34.6.